The number of carbonyl (C=O) groups excluding carboxylic acids is 1. The number of nitrogens with one attached hydrogen (secondary N) is 2. The second-order valence-electron chi connectivity index (χ2n) is 14.2. The van der Waals surface area contributed by atoms with Crippen molar-refractivity contribution in [3.05, 3.63) is 70.9 Å². The molecule has 0 aromatic carbocycles. The lowest BCUT2D eigenvalue weighted by Gasteiger charge is -2.61. The highest BCUT2D eigenvalue weighted by atomic mass is 16.5. The van der Waals surface area contributed by atoms with Crippen molar-refractivity contribution in [1.29, 1.82) is 0 Å². The molecule has 8 atom stereocenters. The van der Waals surface area contributed by atoms with Gasteiger partial charge in [0.2, 0.25) is 0 Å². The number of methoxy groups -OCH3 is 1. The summed E-state index contributed by atoms with van der Waals surface area (Å²) in [5.74, 6) is -0.854. The van der Waals surface area contributed by atoms with Crippen molar-refractivity contribution in [3.63, 3.8) is 0 Å². The van der Waals surface area contributed by atoms with Gasteiger partial charge < -0.3 is 35.8 Å². The Hall–Kier alpha value is -2.17. The summed E-state index contributed by atoms with van der Waals surface area (Å²) in [6.07, 6.45) is 17.4. The van der Waals surface area contributed by atoms with E-state index >= 15 is 0 Å². The van der Waals surface area contributed by atoms with Crippen LogP contribution in [0.5, 0.6) is 0 Å². The maximum absolute atomic E-state index is 12.6. The number of hydrogen-bond donors (Lipinski definition) is 6. The standard InChI is InChI=1S/C39H62N2O6/c1-27(9-7-11-28(2)24-41-30(4)17-22-47-6)10-8-12-33(26-44)34-15-18-39(37(34)45)36-31(16-21-42)13-14-32(35(36)29(3)25-43)23-38(39,46)19-20-40-5/h8,10-14,25,30-32,34,36-37,40-42,44-46H,1,7,9,15-24,26H2,2-6H3. The number of aliphatic hydroxyl groups is 4. The van der Waals surface area contributed by atoms with Crippen LogP contribution in [0.1, 0.15) is 72.1 Å². The molecule has 0 saturated heterocycles. The van der Waals surface area contributed by atoms with E-state index in [1.165, 1.54) is 5.57 Å². The van der Waals surface area contributed by atoms with E-state index in [9.17, 15) is 25.2 Å². The fourth-order valence-electron chi connectivity index (χ4n) is 8.61. The van der Waals surface area contributed by atoms with E-state index in [0.29, 0.717) is 50.3 Å². The zero-order valence-electron chi connectivity index (χ0n) is 29.5. The third-order valence-electron chi connectivity index (χ3n) is 11.1. The summed E-state index contributed by atoms with van der Waals surface area (Å²) >= 11 is 0. The minimum Gasteiger partial charge on any atom is -0.396 e. The predicted molar refractivity (Wildman–Crippen MR) is 190 cm³/mol. The van der Waals surface area contributed by atoms with Crippen LogP contribution in [-0.2, 0) is 9.53 Å². The number of hydrogen-bond acceptors (Lipinski definition) is 8. The van der Waals surface area contributed by atoms with E-state index in [1.54, 1.807) is 7.11 Å². The molecule has 6 N–H and O–H groups in total. The van der Waals surface area contributed by atoms with Crippen molar-refractivity contribution in [2.45, 2.75) is 89.9 Å². The number of ether oxygens (including phenoxy) is 1. The van der Waals surface area contributed by atoms with Gasteiger partial charge in [-0.25, -0.2) is 0 Å². The molecule has 264 valence electrons. The predicted octanol–water partition coefficient (Wildman–Crippen LogP) is 4.58. The maximum atomic E-state index is 12.6. The molecule has 3 aliphatic carbocycles. The first-order valence-electron chi connectivity index (χ1n) is 17.6. The number of carbonyl (C=O) groups is 1. The summed E-state index contributed by atoms with van der Waals surface area (Å²) in [5, 5.41) is 52.2. The smallest absolute Gasteiger partial charge is 0.145 e. The van der Waals surface area contributed by atoms with Crippen LogP contribution < -0.4 is 10.6 Å². The van der Waals surface area contributed by atoms with Gasteiger partial charge in [0.05, 0.1) is 18.3 Å². The molecule has 1 spiro atoms. The number of aliphatic hydroxyl groups excluding tert-OH is 3. The average Bonchev–Trinajstić information content (AvgIpc) is 3.40. The van der Waals surface area contributed by atoms with Gasteiger partial charge in [-0.3, -0.25) is 4.79 Å². The van der Waals surface area contributed by atoms with Gasteiger partial charge in [-0.05, 0) is 109 Å². The molecule has 8 heteroatoms. The van der Waals surface area contributed by atoms with E-state index in [0.717, 1.165) is 55.4 Å². The van der Waals surface area contributed by atoms with Crippen LogP contribution in [0.4, 0.5) is 0 Å². The van der Waals surface area contributed by atoms with Gasteiger partial charge in [0.15, 0.2) is 0 Å². The Kier molecular flexibility index (Phi) is 15.5. The van der Waals surface area contributed by atoms with Gasteiger partial charge in [0, 0.05) is 50.2 Å². The SMILES string of the molecule is C=C(C=CC=C(CO)C1CCC2(C1O)C1C(=C(C)C=O)C(C=CC1CCO)CC2(O)CCNC)CCC=C(C)CNC(C)CCOC. The van der Waals surface area contributed by atoms with Crippen molar-refractivity contribution in [3.8, 4) is 0 Å². The molecule has 0 aromatic heterocycles. The molecule has 2 fully saturated rings. The van der Waals surface area contributed by atoms with E-state index in [-0.39, 0.29) is 36.9 Å². The van der Waals surface area contributed by atoms with E-state index in [1.807, 2.05) is 32.2 Å². The molecule has 8 nitrogen and oxygen atoms in total. The normalized spacial score (nSPS) is 32.7. The lowest BCUT2D eigenvalue weighted by atomic mass is 9.45. The average molecular weight is 655 g/mol. The summed E-state index contributed by atoms with van der Waals surface area (Å²) in [6, 6.07) is 0.398. The Morgan fingerprint density at radius 3 is 2.68 bits per heavy atom. The molecule has 47 heavy (non-hydrogen) atoms. The molecule has 0 amide bonds. The molecular weight excluding hydrogens is 592 g/mol. The van der Waals surface area contributed by atoms with E-state index in [4.69, 9.17) is 4.74 Å². The van der Waals surface area contributed by atoms with Crippen LogP contribution in [0, 0.1) is 29.1 Å². The summed E-state index contributed by atoms with van der Waals surface area (Å²) < 4.78 is 5.15. The second kappa shape index (κ2) is 18.6. The van der Waals surface area contributed by atoms with Gasteiger partial charge in [-0.15, -0.1) is 0 Å². The summed E-state index contributed by atoms with van der Waals surface area (Å²) in [4.78, 5) is 12.2. The van der Waals surface area contributed by atoms with E-state index < -0.39 is 17.1 Å². The van der Waals surface area contributed by atoms with Gasteiger partial charge >= 0.3 is 0 Å². The van der Waals surface area contributed by atoms with Crippen LogP contribution in [-0.4, -0.2) is 91.5 Å². The van der Waals surface area contributed by atoms with Crippen molar-refractivity contribution < 1.29 is 30.0 Å². The quantitative estimate of drug-likeness (QED) is 0.0517. The van der Waals surface area contributed by atoms with Gasteiger partial charge in [-0.1, -0.05) is 59.8 Å². The Balaban J connectivity index is 1.81. The summed E-state index contributed by atoms with van der Waals surface area (Å²) in [6.45, 7) is 12.3. The van der Waals surface area contributed by atoms with E-state index in [2.05, 4.69) is 49.3 Å². The van der Waals surface area contributed by atoms with Crippen LogP contribution in [0.25, 0.3) is 0 Å². The molecule has 0 aromatic rings. The lowest BCUT2D eigenvalue weighted by molar-refractivity contribution is -0.194. The number of fused-ring (bicyclic) bond motifs is 3. The fourth-order valence-corrected chi connectivity index (χ4v) is 8.61. The Labute approximate surface area is 283 Å². The van der Waals surface area contributed by atoms with Crippen molar-refractivity contribution in [2.75, 3.05) is 47.1 Å². The number of aldehydes is 1. The Morgan fingerprint density at radius 2 is 2.02 bits per heavy atom. The van der Waals surface area contributed by atoms with Gasteiger partial charge in [-0.2, -0.15) is 0 Å². The minimum atomic E-state index is -1.20. The van der Waals surface area contributed by atoms with Crippen LogP contribution >= 0.6 is 0 Å². The topological polar surface area (TPSA) is 131 Å². The molecule has 2 saturated carbocycles. The summed E-state index contributed by atoms with van der Waals surface area (Å²) in [7, 11) is 3.58. The van der Waals surface area contributed by atoms with Gasteiger partial charge in [0.1, 0.15) is 6.29 Å². The number of rotatable bonds is 19. The monoisotopic (exact) mass is 654 g/mol. The molecule has 2 bridgehead atoms. The third kappa shape index (κ3) is 9.09. The maximum Gasteiger partial charge on any atom is 0.145 e. The van der Waals surface area contributed by atoms with Crippen molar-refractivity contribution in [1.82, 2.24) is 10.6 Å². The third-order valence-corrected chi connectivity index (χ3v) is 11.1. The second-order valence-corrected chi connectivity index (χ2v) is 14.2. The number of allylic oxidation sites excluding steroid dienone is 9. The Bertz CT molecular complexity index is 1200. The largest absolute Gasteiger partial charge is 0.396 e. The fraction of sp³-hybridized carbons (Fsp3) is 0.667. The molecule has 3 aliphatic rings. The highest BCUT2D eigenvalue weighted by Gasteiger charge is 2.68. The molecular formula is C39H62N2O6. The zero-order chi connectivity index (χ0) is 34.6. The first kappa shape index (κ1) is 39.3. The highest BCUT2D eigenvalue weighted by Crippen LogP contribution is 2.67. The van der Waals surface area contributed by atoms with Crippen LogP contribution in [0.15, 0.2) is 70.9 Å². The van der Waals surface area contributed by atoms with Crippen LogP contribution in [0.3, 0.4) is 0 Å². The zero-order valence-corrected chi connectivity index (χ0v) is 29.5. The van der Waals surface area contributed by atoms with Crippen molar-refractivity contribution >= 4 is 6.29 Å². The lowest BCUT2D eigenvalue weighted by Crippen LogP contribution is -2.65. The molecule has 0 radical (unpaired) electrons. The first-order chi connectivity index (χ1) is 22.5. The first-order valence-corrected chi connectivity index (χ1v) is 17.6. The summed E-state index contributed by atoms with van der Waals surface area (Å²) in [5.41, 5.74) is 2.50. The van der Waals surface area contributed by atoms with Crippen LogP contribution in [0.2, 0.25) is 0 Å². The molecule has 0 heterocycles. The van der Waals surface area contributed by atoms with Crippen molar-refractivity contribution in [2.24, 2.45) is 29.1 Å². The molecule has 8 unspecified atom stereocenters. The van der Waals surface area contributed by atoms with Gasteiger partial charge in [0.25, 0.3) is 0 Å². The highest BCUT2D eigenvalue weighted by molar-refractivity contribution is 5.74. The Morgan fingerprint density at radius 1 is 1.26 bits per heavy atom. The molecule has 0 aliphatic heterocycles. The molecule has 3 rings (SSSR count). The minimum absolute atomic E-state index is 0.0229.